The van der Waals surface area contributed by atoms with Gasteiger partial charge in [-0.15, -0.1) is 0 Å². The maximum Gasteiger partial charge on any atom is 0.309 e. The average molecular weight is 385 g/mol. The summed E-state index contributed by atoms with van der Waals surface area (Å²) in [5, 5.41) is 0. The molecule has 7 aliphatic carbocycles. The number of ether oxygens (including phenoxy) is 1. The Labute approximate surface area is 171 Å². The molecule has 0 aliphatic heterocycles. The molecule has 7 unspecified atom stereocenters. The lowest BCUT2D eigenvalue weighted by atomic mass is 9.50. The summed E-state index contributed by atoms with van der Waals surface area (Å²) in [5.41, 5.74) is -0.141. The Bertz CT molecular complexity index is 625. The summed E-state index contributed by atoms with van der Waals surface area (Å²) in [6.45, 7) is 7.10. The molecule has 0 amide bonds. The second-order valence-corrected chi connectivity index (χ2v) is 12.1. The van der Waals surface area contributed by atoms with Crippen LogP contribution in [0.3, 0.4) is 0 Å². The summed E-state index contributed by atoms with van der Waals surface area (Å²) in [6, 6.07) is 0. The number of esters is 1. The van der Waals surface area contributed by atoms with E-state index in [9.17, 15) is 4.79 Å². The van der Waals surface area contributed by atoms with E-state index in [1.165, 1.54) is 57.8 Å². The van der Waals surface area contributed by atoms with Crippen LogP contribution in [0.5, 0.6) is 0 Å². The van der Waals surface area contributed by atoms with Gasteiger partial charge in [-0.1, -0.05) is 26.7 Å². The standard InChI is InChI=1S/C26H40O2/c1-4-16-11-17(5-2)24-21-12-18(23(16)24)13-22(21)25(27)28-26(3)19-7-14-6-15(9-19)10-20(26)8-14/h14-24H,4-13H2,1-3H3. The Hall–Kier alpha value is -0.530. The first-order valence-electron chi connectivity index (χ1n) is 12.7. The summed E-state index contributed by atoms with van der Waals surface area (Å²) >= 11 is 0. The zero-order valence-electron chi connectivity index (χ0n) is 18.2. The van der Waals surface area contributed by atoms with E-state index >= 15 is 0 Å². The molecule has 28 heavy (non-hydrogen) atoms. The van der Waals surface area contributed by atoms with E-state index in [-0.39, 0.29) is 17.5 Å². The number of rotatable bonds is 4. The maximum absolute atomic E-state index is 13.5. The van der Waals surface area contributed by atoms with Crippen LogP contribution in [0.25, 0.3) is 0 Å². The fourth-order valence-corrected chi connectivity index (χ4v) is 10.2. The lowest BCUT2D eigenvalue weighted by Crippen LogP contribution is -2.58. The number of hydrogen-bond acceptors (Lipinski definition) is 2. The molecule has 0 N–H and O–H groups in total. The van der Waals surface area contributed by atoms with Crippen LogP contribution in [0.15, 0.2) is 0 Å². The summed E-state index contributed by atoms with van der Waals surface area (Å²) in [6.07, 6.45) is 13.3. The molecule has 7 aliphatic rings. The molecule has 0 aromatic rings. The highest BCUT2D eigenvalue weighted by molar-refractivity contribution is 5.74. The Morgan fingerprint density at radius 3 is 2.04 bits per heavy atom. The SMILES string of the molecule is CCC1CC(CC)C2C3CC(CC3C(=O)OC3(C)C4CC5CC(C4)CC3C5)C12. The van der Waals surface area contributed by atoms with Gasteiger partial charge in [-0.05, 0) is 117 Å². The van der Waals surface area contributed by atoms with Gasteiger partial charge in [0.05, 0.1) is 5.92 Å². The van der Waals surface area contributed by atoms with Crippen molar-refractivity contribution in [3.05, 3.63) is 0 Å². The highest BCUT2D eigenvalue weighted by Crippen LogP contribution is 2.66. The van der Waals surface area contributed by atoms with Gasteiger partial charge < -0.3 is 4.74 Å². The van der Waals surface area contributed by atoms with Crippen LogP contribution in [0.1, 0.15) is 85.0 Å². The third-order valence-electron chi connectivity index (χ3n) is 11.3. The molecule has 0 aromatic carbocycles. The Kier molecular flexibility index (Phi) is 4.07. The van der Waals surface area contributed by atoms with Crippen LogP contribution in [-0.2, 0) is 9.53 Å². The van der Waals surface area contributed by atoms with Crippen LogP contribution in [0.4, 0.5) is 0 Å². The van der Waals surface area contributed by atoms with Crippen molar-refractivity contribution in [2.24, 2.45) is 65.1 Å². The van der Waals surface area contributed by atoms with E-state index in [0.717, 1.165) is 47.8 Å². The molecule has 7 saturated carbocycles. The smallest absolute Gasteiger partial charge is 0.309 e. The van der Waals surface area contributed by atoms with Crippen molar-refractivity contribution >= 4 is 5.97 Å². The van der Waals surface area contributed by atoms with E-state index in [4.69, 9.17) is 4.74 Å². The molecule has 0 spiro atoms. The number of hydrogen-bond donors (Lipinski definition) is 0. The molecule has 0 aromatic heterocycles. The molecule has 6 bridgehead atoms. The van der Waals surface area contributed by atoms with Gasteiger partial charge in [-0.25, -0.2) is 0 Å². The summed E-state index contributed by atoms with van der Waals surface area (Å²) in [7, 11) is 0. The first kappa shape index (κ1) is 18.3. The minimum Gasteiger partial charge on any atom is -0.459 e. The summed E-state index contributed by atoms with van der Waals surface area (Å²) < 4.78 is 6.58. The van der Waals surface area contributed by atoms with Crippen LogP contribution in [0, 0.1) is 65.1 Å². The highest BCUT2D eigenvalue weighted by Gasteiger charge is 2.63. The van der Waals surface area contributed by atoms with Gasteiger partial charge in [-0.3, -0.25) is 4.79 Å². The third-order valence-corrected chi connectivity index (χ3v) is 11.3. The van der Waals surface area contributed by atoms with E-state index in [0.29, 0.717) is 17.8 Å². The minimum atomic E-state index is -0.141. The second kappa shape index (κ2) is 6.24. The summed E-state index contributed by atoms with van der Waals surface area (Å²) in [4.78, 5) is 13.5. The van der Waals surface area contributed by atoms with E-state index < -0.39 is 0 Å². The largest absolute Gasteiger partial charge is 0.459 e. The van der Waals surface area contributed by atoms with Crippen LogP contribution >= 0.6 is 0 Å². The Balaban J connectivity index is 1.20. The number of fused-ring (bicyclic) bond motifs is 5. The quantitative estimate of drug-likeness (QED) is 0.548. The molecule has 0 radical (unpaired) electrons. The third kappa shape index (κ3) is 2.36. The van der Waals surface area contributed by atoms with Gasteiger partial charge >= 0.3 is 5.97 Å². The molecule has 2 heteroatoms. The van der Waals surface area contributed by atoms with Crippen LogP contribution in [-0.4, -0.2) is 11.6 Å². The van der Waals surface area contributed by atoms with Crippen LogP contribution < -0.4 is 0 Å². The Morgan fingerprint density at radius 1 is 0.821 bits per heavy atom. The maximum atomic E-state index is 13.5. The van der Waals surface area contributed by atoms with E-state index in [1.54, 1.807) is 0 Å². The van der Waals surface area contributed by atoms with Crippen LogP contribution in [0.2, 0.25) is 0 Å². The van der Waals surface area contributed by atoms with Gasteiger partial charge in [0.25, 0.3) is 0 Å². The van der Waals surface area contributed by atoms with E-state index in [2.05, 4.69) is 20.8 Å². The fourth-order valence-electron chi connectivity index (χ4n) is 10.2. The zero-order chi connectivity index (χ0) is 19.2. The van der Waals surface area contributed by atoms with Crippen molar-refractivity contribution in [3.63, 3.8) is 0 Å². The monoisotopic (exact) mass is 384 g/mol. The fraction of sp³-hybridized carbons (Fsp3) is 0.962. The second-order valence-electron chi connectivity index (χ2n) is 12.1. The predicted octanol–water partition coefficient (Wildman–Crippen LogP) is 6.09. The van der Waals surface area contributed by atoms with Gasteiger partial charge in [0.15, 0.2) is 0 Å². The molecular formula is C26H40O2. The normalized spacial score (nSPS) is 58.3. The lowest BCUT2D eigenvalue weighted by molar-refractivity contribution is -0.209. The molecule has 0 saturated heterocycles. The van der Waals surface area contributed by atoms with Gasteiger partial charge in [0, 0.05) is 0 Å². The minimum absolute atomic E-state index is 0.141. The first-order valence-corrected chi connectivity index (χ1v) is 12.7. The molecule has 2 nitrogen and oxygen atoms in total. The van der Waals surface area contributed by atoms with E-state index in [1.807, 2.05) is 0 Å². The topological polar surface area (TPSA) is 26.3 Å². The van der Waals surface area contributed by atoms with Crippen molar-refractivity contribution in [2.45, 2.75) is 90.6 Å². The first-order chi connectivity index (χ1) is 13.5. The van der Waals surface area contributed by atoms with Crippen molar-refractivity contribution in [3.8, 4) is 0 Å². The summed E-state index contributed by atoms with van der Waals surface area (Å²) in [5.74, 6) is 8.65. The number of carbonyl (C=O) groups excluding carboxylic acids is 1. The highest BCUT2D eigenvalue weighted by atomic mass is 16.6. The molecule has 156 valence electrons. The zero-order valence-corrected chi connectivity index (χ0v) is 18.2. The van der Waals surface area contributed by atoms with Crippen molar-refractivity contribution in [2.75, 3.05) is 0 Å². The molecule has 7 atom stereocenters. The van der Waals surface area contributed by atoms with Crippen molar-refractivity contribution in [1.29, 1.82) is 0 Å². The number of carbonyl (C=O) groups is 1. The van der Waals surface area contributed by atoms with Crippen molar-refractivity contribution in [1.82, 2.24) is 0 Å². The van der Waals surface area contributed by atoms with Gasteiger partial charge in [0.2, 0.25) is 0 Å². The van der Waals surface area contributed by atoms with Crippen molar-refractivity contribution < 1.29 is 9.53 Å². The average Bonchev–Trinajstić information content (AvgIpc) is 3.36. The molecule has 7 rings (SSSR count). The predicted molar refractivity (Wildman–Crippen MR) is 110 cm³/mol. The molecule has 7 fully saturated rings. The molecule has 0 heterocycles. The lowest BCUT2D eigenvalue weighted by Gasteiger charge is -2.59. The Morgan fingerprint density at radius 2 is 1.43 bits per heavy atom. The van der Waals surface area contributed by atoms with Gasteiger partial charge in [0.1, 0.15) is 5.60 Å². The van der Waals surface area contributed by atoms with Gasteiger partial charge in [-0.2, -0.15) is 0 Å². The molecular weight excluding hydrogens is 344 g/mol.